The lowest BCUT2D eigenvalue weighted by atomic mass is 10.2. The molecule has 0 N–H and O–H groups in total. The zero-order valence-corrected chi connectivity index (χ0v) is 9.10. The van der Waals surface area contributed by atoms with Crippen LogP contribution in [0.5, 0.6) is 11.5 Å². The molecule has 2 aliphatic heterocycles. The summed E-state index contributed by atoms with van der Waals surface area (Å²) in [5.41, 5.74) is 0.901. The van der Waals surface area contributed by atoms with Crippen molar-refractivity contribution in [2.24, 2.45) is 5.92 Å². The van der Waals surface area contributed by atoms with Gasteiger partial charge in [0.25, 0.3) is 0 Å². The molecule has 0 aliphatic carbocycles. The summed E-state index contributed by atoms with van der Waals surface area (Å²) in [7, 11) is 0. The molecule has 1 amide bonds. The summed E-state index contributed by atoms with van der Waals surface area (Å²) in [6.45, 7) is 3.15. The van der Waals surface area contributed by atoms with Gasteiger partial charge in [0.05, 0.1) is 0 Å². The van der Waals surface area contributed by atoms with Crippen molar-refractivity contribution < 1.29 is 14.3 Å². The summed E-state index contributed by atoms with van der Waals surface area (Å²) in [6, 6.07) is 5.63. The van der Waals surface area contributed by atoms with Crippen molar-refractivity contribution >= 4 is 11.6 Å². The Morgan fingerprint density at radius 3 is 2.88 bits per heavy atom. The Morgan fingerprint density at radius 1 is 1.31 bits per heavy atom. The van der Waals surface area contributed by atoms with Crippen molar-refractivity contribution in [1.29, 1.82) is 0 Å². The van der Waals surface area contributed by atoms with Gasteiger partial charge in [-0.15, -0.1) is 0 Å². The van der Waals surface area contributed by atoms with Crippen LogP contribution in [0.25, 0.3) is 0 Å². The van der Waals surface area contributed by atoms with Crippen LogP contribution in [0.3, 0.4) is 0 Å². The van der Waals surface area contributed by atoms with Crippen LogP contribution in [0.2, 0.25) is 0 Å². The van der Waals surface area contributed by atoms with Gasteiger partial charge < -0.3 is 14.4 Å². The quantitative estimate of drug-likeness (QED) is 0.722. The lowest BCUT2D eigenvalue weighted by Gasteiger charge is -2.16. The highest BCUT2D eigenvalue weighted by molar-refractivity contribution is 5.96. The lowest BCUT2D eigenvalue weighted by molar-refractivity contribution is -0.117. The van der Waals surface area contributed by atoms with Crippen LogP contribution in [0.1, 0.15) is 13.3 Å². The van der Waals surface area contributed by atoms with E-state index in [9.17, 15) is 4.79 Å². The SMILES string of the molecule is CC1CC(=O)N(c2ccc3c(c2)OCO3)C1. The predicted molar refractivity (Wildman–Crippen MR) is 58.7 cm³/mol. The molecule has 1 unspecified atom stereocenters. The maximum absolute atomic E-state index is 11.7. The number of anilines is 1. The molecule has 0 aromatic heterocycles. The molecule has 0 saturated carbocycles. The molecule has 1 aromatic carbocycles. The summed E-state index contributed by atoms with van der Waals surface area (Å²) in [4.78, 5) is 13.6. The van der Waals surface area contributed by atoms with E-state index >= 15 is 0 Å². The number of fused-ring (bicyclic) bond motifs is 1. The normalized spacial score (nSPS) is 22.9. The number of carbonyl (C=O) groups excluding carboxylic acids is 1. The van der Waals surface area contributed by atoms with Gasteiger partial charge >= 0.3 is 0 Å². The van der Waals surface area contributed by atoms with Crippen LogP contribution in [0.15, 0.2) is 18.2 Å². The second-order valence-electron chi connectivity index (χ2n) is 4.35. The first-order chi connectivity index (χ1) is 7.74. The minimum atomic E-state index is 0.186. The largest absolute Gasteiger partial charge is 0.454 e. The summed E-state index contributed by atoms with van der Waals surface area (Å²) >= 11 is 0. The Balaban J connectivity index is 1.92. The van der Waals surface area contributed by atoms with E-state index in [1.54, 1.807) is 0 Å². The summed E-state index contributed by atoms with van der Waals surface area (Å²) in [6.07, 6.45) is 0.633. The highest BCUT2D eigenvalue weighted by Crippen LogP contribution is 2.36. The Bertz CT molecular complexity index is 444. The number of nitrogens with zero attached hydrogens (tertiary/aromatic N) is 1. The minimum Gasteiger partial charge on any atom is -0.454 e. The maximum atomic E-state index is 11.7. The molecule has 1 atom stereocenters. The summed E-state index contributed by atoms with van der Waals surface area (Å²) < 4.78 is 10.5. The van der Waals surface area contributed by atoms with E-state index in [1.807, 2.05) is 23.1 Å². The number of carbonyl (C=O) groups is 1. The second-order valence-corrected chi connectivity index (χ2v) is 4.35. The molecule has 84 valence electrons. The zero-order chi connectivity index (χ0) is 11.1. The van der Waals surface area contributed by atoms with Gasteiger partial charge in [0.2, 0.25) is 12.7 Å². The van der Waals surface area contributed by atoms with Crippen molar-refractivity contribution in [1.82, 2.24) is 0 Å². The molecule has 0 spiro atoms. The van der Waals surface area contributed by atoms with Crippen molar-refractivity contribution in [3.05, 3.63) is 18.2 Å². The first kappa shape index (κ1) is 9.51. The van der Waals surface area contributed by atoms with E-state index in [1.165, 1.54) is 0 Å². The van der Waals surface area contributed by atoms with Crippen LogP contribution in [-0.2, 0) is 4.79 Å². The van der Waals surface area contributed by atoms with Crippen molar-refractivity contribution in [2.75, 3.05) is 18.2 Å². The fourth-order valence-corrected chi connectivity index (χ4v) is 2.19. The molecule has 0 bridgehead atoms. The smallest absolute Gasteiger partial charge is 0.231 e. The molecular formula is C12H13NO3. The molecule has 2 aliphatic rings. The molecule has 3 rings (SSSR count). The molecule has 16 heavy (non-hydrogen) atoms. The molecule has 2 heterocycles. The third kappa shape index (κ3) is 1.41. The van der Waals surface area contributed by atoms with Gasteiger partial charge in [-0.3, -0.25) is 4.79 Å². The molecule has 0 radical (unpaired) electrons. The molecule has 1 fully saturated rings. The standard InChI is InChI=1S/C12H13NO3/c1-8-4-12(14)13(6-8)9-2-3-10-11(5-9)16-7-15-10/h2-3,5,8H,4,6-7H2,1H3. The molecule has 4 heteroatoms. The number of benzene rings is 1. The van der Waals surface area contributed by atoms with Gasteiger partial charge in [-0.05, 0) is 18.1 Å². The van der Waals surface area contributed by atoms with E-state index in [2.05, 4.69) is 6.92 Å². The zero-order valence-electron chi connectivity index (χ0n) is 9.10. The van der Waals surface area contributed by atoms with E-state index in [-0.39, 0.29) is 12.7 Å². The van der Waals surface area contributed by atoms with Gasteiger partial charge in [-0.25, -0.2) is 0 Å². The highest BCUT2D eigenvalue weighted by atomic mass is 16.7. The third-order valence-electron chi connectivity index (χ3n) is 2.99. The number of rotatable bonds is 1. The number of hydrogen-bond acceptors (Lipinski definition) is 3. The first-order valence-corrected chi connectivity index (χ1v) is 5.44. The van der Waals surface area contributed by atoms with Gasteiger partial charge in [0.1, 0.15) is 0 Å². The van der Waals surface area contributed by atoms with Crippen LogP contribution < -0.4 is 14.4 Å². The average Bonchev–Trinajstić information content (AvgIpc) is 2.83. The summed E-state index contributed by atoms with van der Waals surface area (Å²) in [5, 5.41) is 0. The molecule has 1 saturated heterocycles. The lowest BCUT2D eigenvalue weighted by Crippen LogP contribution is -2.24. The molecular weight excluding hydrogens is 206 g/mol. The van der Waals surface area contributed by atoms with Crippen molar-refractivity contribution in [3.8, 4) is 11.5 Å². The number of amides is 1. The third-order valence-corrected chi connectivity index (χ3v) is 2.99. The van der Waals surface area contributed by atoms with Crippen LogP contribution in [-0.4, -0.2) is 19.2 Å². The van der Waals surface area contributed by atoms with Gasteiger partial charge in [0.15, 0.2) is 11.5 Å². The molecule has 4 nitrogen and oxygen atoms in total. The summed E-state index contributed by atoms with van der Waals surface area (Å²) in [5.74, 6) is 2.09. The van der Waals surface area contributed by atoms with Crippen LogP contribution >= 0.6 is 0 Å². The first-order valence-electron chi connectivity index (χ1n) is 5.44. The topological polar surface area (TPSA) is 38.8 Å². The second kappa shape index (κ2) is 3.40. The molecule has 1 aromatic rings. The average molecular weight is 219 g/mol. The Kier molecular flexibility index (Phi) is 2.02. The maximum Gasteiger partial charge on any atom is 0.231 e. The van der Waals surface area contributed by atoms with E-state index in [0.29, 0.717) is 12.3 Å². The van der Waals surface area contributed by atoms with Crippen LogP contribution in [0, 0.1) is 5.92 Å². The van der Waals surface area contributed by atoms with Gasteiger partial charge in [-0.1, -0.05) is 6.92 Å². The van der Waals surface area contributed by atoms with E-state index in [4.69, 9.17) is 9.47 Å². The van der Waals surface area contributed by atoms with Gasteiger partial charge in [0, 0.05) is 24.7 Å². The number of hydrogen-bond donors (Lipinski definition) is 0. The van der Waals surface area contributed by atoms with Crippen LogP contribution in [0.4, 0.5) is 5.69 Å². The Morgan fingerprint density at radius 2 is 2.12 bits per heavy atom. The monoisotopic (exact) mass is 219 g/mol. The van der Waals surface area contributed by atoms with Crippen molar-refractivity contribution in [3.63, 3.8) is 0 Å². The fourth-order valence-electron chi connectivity index (χ4n) is 2.19. The number of ether oxygens (including phenoxy) is 2. The van der Waals surface area contributed by atoms with E-state index in [0.717, 1.165) is 23.7 Å². The Labute approximate surface area is 93.8 Å². The van der Waals surface area contributed by atoms with E-state index < -0.39 is 0 Å². The Hall–Kier alpha value is -1.71. The minimum absolute atomic E-state index is 0.186. The fraction of sp³-hybridized carbons (Fsp3) is 0.417. The predicted octanol–water partition coefficient (Wildman–Crippen LogP) is 1.79. The van der Waals surface area contributed by atoms with Crippen molar-refractivity contribution in [2.45, 2.75) is 13.3 Å². The highest BCUT2D eigenvalue weighted by Gasteiger charge is 2.28. The van der Waals surface area contributed by atoms with Gasteiger partial charge in [-0.2, -0.15) is 0 Å².